The van der Waals surface area contributed by atoms with Gasteiger partial charge >= 0.3 is 12.0 Å². The third kappa shape index (κ3) is 4.08. The minimum absolute atomic E-state index is 0.208. The first-order valence-electron chi connectivity index (χ1n) is 5.72. The molecule has 0 aliphatic heterocycles. The van der Waals surface area contributed by atoms with Gasteiger partial charge in [-0.1, -0.05) is 6.92 Å². The van der Waals surface area contributed by atoms with Gasteiger partial charge in [-0.3, -0.25) is 4.79 Å². The standard InChI is InChI=1S/C11H20N2O3/c1-8-3-5-9(6-4-8)12-11(16)13(2)7-10(14)15/h8-9H,3-7H2,1-2H3,(H,12,16)(H,14,15). The summed E-state index contributed by atoms with van der Waals surface area (Å²) >= 11 is 0. The van der Waals surface area contributed by atoms with Crippen LogP contribution < -0.4 is 5.32 Å². The Labute approximate surface area is 95.8 Å². The van der Waals surface area contributed by atoms with Gasteiger partial charge in [-0.05, 0) is 31.6 Å². The third-order valence-corrected chi connectivity index (χ3v) is 3.06. The molecule has 0 saturated heterocycles. The number of carboxylic acid groups (broad SMARTS) is 1. The van der Waals surface area contributed by atoms with E-state index in [1.165, 1.54) is 11.9 Å². The summed E-state index contributed by atoms with van der Waals surface area (Å²) in [6, 6.07) is -0.0816. The van der Waals surface area contributed by atoms with Crippen molar-refractivity contribution in [1.29, 1.82) is 0 Å². The number of hydrogen-bond donors (Lipinski definition) is 2. The van der Waals surface area contributed by atoms with Crippen LogP contribution in [0.15, 0.2) is 0 Å². The number of rotatable bonds is 3. The van der Waals surface area contributed by atoms with Crippen LogP contribution >= 0.6 is 0 Å². The molecule has 5 nitrogen and oxygen atoms in total. The van der Waals surface area contributed by atoms with Crippen molar-refractivity contribution >= 4 is 12.0 Å². The molecule has 0 aromatic carbocycles. The molecule has 5 heteroatoms. The van der Waals surface area contributed by atoms with Crippen LogP contribution in [0.1, 0.15) is 32.6 Å². The number of nitrogens with zero attached hydrogens (tertiary/aromatic N) is 1. The molecule has 2 N–H and O–H groups in total. The van der Waals surface area contributed by atoms with Crippen molar-refractivity contribution in [3.8, 4) is 0 Å². The number of carbonyl (C=O) groups excluding carboxylic acids is 1. The van der Waals surface area contributed by atoms with Crippen molar-refractivity contribution in [1.82, 2.24) is 10.2 Å². The molecule has 0 radical (unpaired) electrons. The van der Waals surface area contributed by atoms with Crippen molar-refractivity contribution in [2.75, 3.05) is 13.6 Å². The minimum Gasteiger partial charge on any atom is -0.480 e. The van der Waals surface area contributed by atoms with Gasteiger partial charge in [0, 0.05) is 13.1 Å². The fraction of sp³-hybridized carbons (Fsp3) is 0.818. The van der Waals surface area contributed by atoms with Crippen LogP contribution in [0, 0.1) is 5.92 Å². The van der Waals surface area contributed by atoms with Crippen molar-refractivity contribution in [2.45, 2.75) is 38.6 Å². The second-order valence-corrected chi connectivity index (χ2v) is 4.66. The lowest BCUT2D eigenvalue weighted by Crippen LogP contribution is -2.45. The van der Waals surface area contributed by atoms with Crippen molar-refractivity contribution < 1.29 is 14.7 Å². The number of likely N-dealkylation sites (N-methyl/N-ethyl adjacent to an activating group) is 1. The van der Waals surface area contributed by atoms with Gasteiger partial charge in [-0.2, -0.15) is 0 Å². The van der Waals surface area contributed by atoms with Crippen LogP contribution in [0.3, 0.4) is 0 Å². The highest BCUT2D eigenvalue weighted by atomic mass is 16.4. The van der Waals surface area contributed by atoms with E-state index in [1.807, 2.05) is 0 Å². The maximum absolute atomic E-state index is 11.6. The summed E-state index contributed by atoms with van der Waals surface area (Å²) in [4.78, 5) is 23.2. The molecular formula is C11H20N2O3. The highest BCUT2D eigenvalue weighted by Crippen LogP contribution is 2.23. The fourth-order valence-corrected chi connectivity index (χ4v) is 1.96. The summed E-state index contributed by atoms with van der Waals surface area (Å²) in [5, 5.41) is 11.4. The Kier molecular flexibility index (Phi) is 4.58. The number of carboxylic acids is 1. The third-order valence-electron chi connectivity index (χ3n) is 3.06. The Morgan fingerprint density at radius 1 is 1.31 bits per heavy atom. The molecule has 1 fully saturated rings. The van der Waals surface area contributed by atoms with E-state index in [9.17, 15) is 9.59 Å². The molecule has 1 aliphatic carbocycles. The Morgan fingerprint density at radius 2 is 1.88 bits per heavy atom. The van der Waals surface area contributed by atoms with Gasteiger partial charge in [-0.15, -0.1) is 0 Å². The van der Waals surface area contributed by atoms with E-state index in [-0.39, 0.29) is 18.6 Å². The molecule has 16 heavy (non-hydrogen) atoms. The highest BCUT2D eigenvalue weighted by Gasteiger charge is 2.21. The van der Waals surface area contributed by atoms with Crippen molar-refractivity contribution in [3.05, 3.63) is 0 Å². The van der Waals surface area contributed by atoms with Crippen LogP contribution in [0.2, 0.25) is 0 Å². The molecule has 0 atom stereocenters. The Bertz CT molecular complexity index is 260. The quantitative estimate of drug-likeness (QED) is 0.764. The van der Waals surface area contributed by atoms with Gasteiger partial charge in [-0.25, -0.2) is 4.79 Å². The van der Waals surface area contributed by atoms with Gasteiger partial charge in [0.05, 0.1) is 0 Å². The second kappa shape index (κ2) is 5.72. The van der Waals surface area contributed by atoms with E-state index < -0.39 is 5.97 Å². The molecule has 0 heterocycles. The molecule has 92 valence electrons. The zero-order chi connectivity index (χ0) is 12.1. The molecule has 1 aliphatic rings. The molecule has 0 bridgehead atoms. The number of aliphatic carboxylic acids is 1. The van der Waals surface area contributed by atoms with Crippen LogP contribution in [0.5, 0.6) is 0 Å². The lowest BCUT2D eigenvalue weighted by Gasteiger charge is -2.28. The molecule has 1 rings (SSSR count). The predicted octanol–water partition coefficient (Wildman–Crippen LogP) is 1.29. The van der Waals surface area contributed by atoms with Crippen molar-refractivity contribution in [3.63, 3.8) is 0 Å². The van der Waals surface area contributed by atoms with E-state index in [1.54, 1.807) is 0 Å². The van der Waals surface area contributed by atoms with Crippen LogP contribution in [0.25, 0.3) is 0 Å². The number of urea groups is 1. The van der Waals surface area contributed by atoms with Crippen LogP contribution in [-0.4, -0.2) is 41.6 Å². The molecule has 0 aromatic heterocycles. The minimum atomic E-state index is -0.991. The monoisotopic (exact) mass is 228 g/mol. The van der Waals surface area contributed by atoms with Crippen molar-refractivity contribution in [2.24, 2.45) is 5.92 Å². The summed E-state index contributed by atoms with van der Waals surface area (Å²) < 4.78 is 0. The summed E-state index contributed by atoms with van der Waals surface area (Å²) in [6.07, 6.45) is 4.25. The van der Waals surface area contributed by atoms with Crippen LogP contribution in [-0.2, 0) is 4.79 Å². The van der Waals surface area contributed by atoms with E-state index in [2.05, 4.69) is 12.2 Å². The molecular weight excluding hydrogens is 208 g/mol. The molecule has 0 spiro atoms. The average Bonchev–Trinajstić information content (AvgIpc) is 2.20. The SMILES string of the molecule is CC1CCC(NC(=O)N(C)CC(=O)O)CC1. The molecule has 1 saturated carbocycles. The Hall–Kier alpha value is -1.26. The van der Waals surface area contributed by atoms with E-state index in [0.717, 1.165) is 31.6 Å². The number of amides is 2. The van der Waals surface area contributed by atoms with Gasteiger partial charge in [0.15, 0.2) is 0 Å². The first kappa shape index (κ1) is 12.8. The average molecular weight is 228 g/mol. The maximum Gasteiger partial charge on any atom is 0.323 e. The van der Waals surface area contributed by atoms with E-state index in [0.29, 0.717) is 0 Å². The van der Waals surface area contributed by atoms with Gasteiger partial charge in [0.1, 0.15) is 6.54 Å². The van der Waals surface area contributed by atoms with Gasteiger partial charge < -0.3 is 15.3 Å². The topological polar surface area (TPSA) is 69.6 Å². The highest BCUT2D eigenvalue weighted by molar-refractivity contribution is 5.79. The van der Waals surface area contributed by atoms with Crippen LogP contribution in [0.4, 0.5) is 4.79 Å². The zero-order valence-corrected chi connectivity index (χ0v) is 9.90. The Balaban J connectivity index is 2.31. The lowest BCUT2D eigenvalue weighted by atomic mass is 9.87. The number of carbonyl (C=O) groups is 2. The summed E-state index contributed by atoms with van der Waals surface area (Å²) in [6.45, 7) is 1.96. The lowest BCUT2D eigenvalue weighted by molar-refractivity contribution is -0.137. The summed E-state index contributed by atoms with van der Waals surface area (Å²) in [7, 11) is 1.49. The summed E-state index contributed by atoms with van der Waals surface area (Å²) in [5.74, 6) is -0.250. The normalized spacial score (nSPS) is 24.9. The first-order chi connectivity index (χ1) is 7.49. The molecule has 0 unspecified atom stereocenters. The maximum atomic E-state index is 11.6. The fourth-order valence-electron chi connectivity index (χ4n) is 1.96. The predicted molar refractivity (Wildman–Crippen MR) is 60.2 cm³/mol. The molecule has 0 aromatic rings. The summed E-state index contributed by atoms with van der Waals surface area (Å²) in [5.41, 5.74) is 0. The second-order valence-electron chi connectivity index (χ2n) is 4.66. The molecule has 2 amide bonds. The van der Waals surface area contributed by atoms with Gasteiger partial charge in [0.25, 0.3) is 0 Å². The zero-order valence-electron chi connectivity index (χ0n) is 9.90. The first-order valence-corrected chi connectivity index (χ1v) is 5.72. The number of nitrogens with one attached hydrogen (secondary N) is 1. The largest absolute Gasteiger partial charge is 0.480 e. The van der Waals surface area contributed by atoms with Gasteiger partial charge in [0.2, 0.25) is 0 Å². The number of hydrogen-bond acceptors (Lipinski definition) is 2. The van der Waals surface area contributed by atoms with E-state index >= 15 is 0 Å². The smallest absolute Gasteiger partial charge is 0.323 e. The van der Waals surface area contributed by atoms with E-state index in [4.69, 9.17) is 5.11 Å². The Morgan fingerprint density at radius 3 is 2.38 bits per heavy atom.